The van der Waals surface area contributed by atoms with Crippen LogP contribution in [0.1, 0.15) is 0 Å². The van der Waals surface area contributed by atoms with Crippen molar-refractivity contribution in [2.45, 2.75) is 10.7 Å². The fourth-order valence-corrected chi connectivity index (χ4v) is 1.79. The van der Waals surface area contributed by atoms with Crippen LogP contribution in [0.5, 0.6) is 0 Å². The van der Waals surface area contributed by atoms with Crippen molar-refractivity contribution in [2.75, 3.05) is 5.32 Å². The number of hydrogen-bond acceptors (Lipinski definition) is 3. The van der Waals surface area contributed by atoms with Crippen LogP contribution < -0.4 is 5.32 Å². The van der Waals surface area contributed by atoms with Crippen LogP contribution >= 0.6 is 11.8 Å². The zero-order valence-electron chi connectivity index (χ0n) is 9.09. The van der Waals surface area contributed by atoms with Crippen LogP contribution in [0.3, 0.4) is 0 Å². The highest BCUT2D eigenvalue weighted by atomic mass is 32.2. The SMILES string of the molecule is O=C(Nc1ccc(SC(F)F)cc1)n1ccnc1. The molecule has 1 N–H and O–H groups in total. The van der Waals surface area contributed by atoms with Gasteiger partial charge in [0.25, 0.3) is 5.76 Å². The van der Waals surface area contributed by atoms with Crippen LogP contribution in [0.4, 0.5) is 19.3 Å². The molecule has 0 aliphatic rings. The summed E-state index contributed by atoms with van der Waals surface area (Å²) in [5.41, 5.74) is 0.535. The molecule has 0 spiro atoms. The standard InChI is InChI=1S/C11H9F2N3OS/c12-10(13)18-9-3-1-8(2-4-9)15-11(17)16-6-5-14-7-16/h1-7,10H,(H,15,17). The number of carbonyl (C=O) groups excluding carboxylic acids is 1. The van der Waals surface area contributed by atoms with Crippen molar-refractivity contribution in [1.29, 1.82) is 0 Å². The molecule has 0 saturated heterocycles. The van der Waals surface area contributed by atoms with Gasteiger partial charge >= 0.3 is 6.03 Å². The fraction of sp³-hybridized carbons (Fsp3) is 0.0909. The molecule has 7 heteroatoms. The van der Waals surface area contributed by atoms with E-state index in [0.29, 0.717) is 22.3 Å². The van der Waals surface area contributed by atoms with Gasteiger partial charge in [-0.1, -0.05) is 11.8 Å². The van der Waals surface area contributed by atoms with E-state index < -0.39 is 5.76 Å². The first kappa shape index (κ1) is 12.6. The van der Waals surface area contributed by atoms with Gasteiger partial charge < -0.3 is 5.32 Å². The smallest absolute Gasteiger partial charge is 0.307 e. The minimum Gasteiger partial charge on any atom is -0.307 e. The fourth-order valence-electron chi connectivity index (χ4n) is 1.29. The number of rotatable bonds is 3. The minimum atomic E-state index is -2.45. The molecule has 0 bridgehead atoms. The van der Waals surface area contributed by atoms with Gasteiger partial charge in [0, 0.05) is 23.0 Å². The maximum atomic E-state index is 12.1. The van der Waals surface area contributed by atoms with Crippen molar-refractivity contribution in [3.05, 3.63) is 43.0 Å². The summed E-state index contributed by atoms with van der Waals surface area (Å²) in [6.45, 7) is 0. The first-order chi connectivity index (χ1) is 8.65. The van der Waals surface area contributed by atoms with Gasteiger partial charge in [0.05, 0.1) is 0 Å². The van der Waals surface area contributed by atoms with E-state index in [-0.39, 0.29) is 6.03 Å². The summed E-state index contributed by atoms with van der Waals surface area (Å²) >= 11 is 0.463. The number of alkyl halides is 2. The lowest BCUT2D eigenvalue weighted by molar-refractivity contribution is 0.251. The molecule has 0 aliphatic carbocycles. The molecule has 0 fully saturated rings. The molecule has 0 atom stereocenters. The number of carbonyl (C=O) groups is 1. The number of amides is 1. The van der Waals surface area contributed by atoms with E-state index in [1.165, 1.54) is 35.4 Å². The molecule has 4 nitrogen and oxygen atoms in total. The predicted molar refractivity (Wildman–Crippen MR) is 64.9 cm³/mol. The summed E-state index contributed by atoms with van der Waals surface area (Å²) < 4.78 is 25.5. The highest BCUT2D eigenvalue weighted by Crippen LogP contribution is 2.26. The van der Waals surface area contributed by atoms with E-state index in [9.17, 15) is 13.6 Å². The third-order valence-corrected chi connectivity index (χ3v) is 2.79. The van der Waals surface area contributed by atoms with E-state index in [0.717, 1.165) is 0 Å². The lowest BCUT2D eigenvalue weighted by Gasteiger charge is -2.06. The molecule has 2 aromatic rings. The quantitative estimate of drug-likeness (QED) is 0.870. The van der Waals surface area contributed by atoms with E-state index in [2.05, 4.69) is 10.3 Å². The summed E-state index contributed by atoms with van der Waals surface area (Å²) in [7, 11) is 0. The number of aromatic nitrogens is 2. The van der Waals surface area contributed by atoms with Gasteiger partial charge in [-0.2, -0.15) is 8.78 Å². The van der Waals surface area contributed by atoms with Crippen LogP contribution in [0, 0.1) is 0 Å². The summed E-state index contributed by atoms with van der Waals surface area (Å²) in [4.78, 5) is 15.8. The monoisotopic (exact) mass is 269 g/mol. The number of benzene rings is 1. The summed E-state index contributed by atoms with van der Waals surface area (Å²) in [6.07, 6.45) is 4.37. The Morgan fingerprint density at radius 1 is 1.33 bits per heavy atom. The molecule has 1 aromatic heterocycles. The van der Waals surface area contributed by atoms with E-state index in [1.54, 1.807) is 12.1 Å². The van der Waals surface area contributed by atoms with Gasteiger partial charge in [-0.15, -0.1) is 0 Å². The maximum absolute atomic E-state index is 12.1. The van der Waals surface area contributed by atoms with Crippen molar-refractivity contribution in [3.63, 3.8) is 0 Å². The molecular weight excluding hydrogens is 260 g/mol. The maximum Gasteiger partial charge on any atom is 0.331 e. The number of thioether (sulfide) groups is 1. The molecule has 1 aromatic carbocycles. The Morgan fingerprint density at radius 3 is 2.61 bits per heavy atom. The zero-order chi connectivity index (χ0) is 13.0. The number of imidazole rings is 1. The van der Waals surface area contributed by atoms with E-state index >= 15 is 0 Å². The van der Waals surface area contributed by atoms with Gasteiger partial charge in [-0.25, -0.2) is 9.78 Å². The van der Waals surface area contributed by atoms with Crippen molar-refractivity contribution in [2.24, 2.45) is 0 Å². The van der Waals surface area contributed by atoms with E-state index in [1.807, 2.05) is 0 Å². The number of anilines is 1. The zero-order valence-corrected chi connectivity index (χ0v) is 9.90. The minimum absolute atomic E-state index is 0.359. The van der Waals surface area contributed by atoms with Gasteiger partial charge in [0.15, 0.2) is 0 Å². The predicted octanol–water partition coefficient (Wildman–Crippen LogP) is 3.28. The molecule has 0 radical (unpaired) electrons. The number of hydrogen-bond donors (Lipinski definition) is 1. The normalized spacial score (nSPS) is 10.6. The lowest BCUT2D eigenvalue weighted by Crippen LogP contribution is -2.17. The average molecular weight is 269 g/mol. The second kappa shape index (κ2) is 5.63. The Kier molecular flexibility index (Phi) is 3.93. The molecule has 94 valence electrons. The largest absolute Gasteiger partial charge is 0.331 e. The Hall–Kier alpha value is -1.89. The number of nitrogens with zero attached hydrogens (tertiary/aromatic N) is 2. The summed E-state index contributed by atoms with van der Waals surface area (Å²) in [5.74, 6) is -2.45. The average Bonchev–Trinajstić information content (AvgIpc) is 2.84. The molecule has 0 saturated carbocycles. The van der Waals surface area contributed by atoms with Crippen LogP contribution in [0.2, 0.25) is 0 Å². The van der Waals surface area contributed by atoms with E-state index in [4.69, 9.17) is 0 Å². The topological polar surface area (TPSA) is 46.9 Å². The molecule has 1 heterocycles. The van der Waals surface area contributed by atoms with Crippen LogP contribution in [0.25, 0.3) is 0 Å². The highest BCUT2D eigenvalue weighted by molar-refractivity contribution is 7.99. The summed E-state index contributed by atoms with van der Waals surface area (Å²) in [6, 6.07) is 5.83. The van der Waals surface area contributed by atoms with Crippen molar-refractivity contribution >= 4 is 23.5 Å². The lowest BCUT2D eigenvalue weighted by atomic mass is 10.3. The molecule has 2 rings (SSSR count). The third-order valence-electron chi connectivity index (χ3n) is 2.07. The number of halogens is 2. The van der Waals surface area contributed by atoms with Gasteiger partial charge in [-0.3, -0.25) is 4.57 Å². The Bertz CT molecular complexity index is 514. The van der Waals surface area contributed by atoms with Crippen molar-refractivity contribution in [1.82, 2.24) is 9.55 Å². The Balaban J connectivity index is 2.00. The first-order valence-electron chi connectivity index (χ1n) is 4.99. The summed E-state index contributed by atoms with van der Waals surface area (Å²) in [5, 5.41) is 2.61. The second-order valence-corrected chi connectivity index (χ2v) is 4.37. The molecular formula is C11H9F2N3OS. The Morgan fingerprint density at radius 2 is 2.06 bits per heavy atom. The molecule has 1 amide bonds. The van der Waals surface area contributed by atoms with Crippen LogP contribution in [0.15, 0.2) is 47.9 Å². The first-order valence-corrected chi connectivity index (χ1v) is 5.87. The molecule has 0 aliphatic heterocycles. The third kappa shape index (κ3) is 3.30. The van der Waals surface area contributed by atoms with Gasteiger partial charge in [0.2, 0.25) is 0 Å². The van der Waals surface area contributed by atoms with Crippen LogP contribution in [-0.4, -0.2) is 21.3 Å². The van der Waals surface area contributed by atoms with Gasteiger partial charge in [0.1, 0.15) is 6.33 Å². The Labute approximate surface area is 106 Å². The van der Waals surface area contributed by atoms with Crippen molar-refractivity contribution in [3.8, 4) is 0 Å². The van der Waals surface area contributed by atoms with Gasteiger partial charge in [-0.05, 0) is 24.3 Å². The molecule has 18 heavy (non-hydrogen) atoms. The number of nitrogens with one attached hydrogen (secondary N) is 1. The molecule has 0 unspecified atom stereocenters. The van der Waals surface area contributed by atoms with Crippen molar-refractivity contribution < 1.29 is 13.6 Å². The second-order valence-electron chi connectivity index (χ2n) is 3.30. The van der Waals surface area contributed by atoms with Crippen LogP contribution in [-0.2, 0) is 0 Å². The highest BCUT2D eigenvalue weighted by Gasteiger charge is 2.06.